The first-order valence-corrected chi connectivity index (χ1v) is 12.2. The highest BCUT2D eigenvalue weighted by Crippen LogP contribution is 2.36. The number of carbonyl (C=O) groups excluding carboxylic acids is 1. The van der Waals surface area contributed by atoms with Gasteiger partial charge in [-0.15, -0.1) is 11.3 Å². The molecule has 0 bridgehead atoms. The van der Waals surface area contributed by atoms with E-state index >= 15 is 0 Å². The lowest BCUT2D eigenvalue weighted by molar-refractivity contribution is -0.135. The van der Waals surface area contributed by atoms with Crippen LogP contribution in [0.4, 0.5) is 0 Å². The molecule has 0 N–H and O–H groups in total. The highest BCUT2D eigenvalue weighted by molar-refractivity contribution is 7.18. The topological polar surface area (TPSA) is 55.2 Å². The van der Waals surface area contributed by atoms with Gasteiger partial charge in [-0.1, -0.05) is 36.4 Å². The largest absolute Gasteiger partial charge is 0.332 e. The van der Waals surface area contributed by atoms with Crippen molar-refractivity contribution in [3.05, 3.63) is 88.0 Å². The molecule has 1 atom stereocenters. The number of thiazole rings is 1. The summed E-state index contributed by atoms with van der Waals surface area (Å²) in [6, 6.07) is 23.3. The van der Waals surface area contributed by atoms with Gasteiger partial charge in [0.05, 0.1) is 27.3 Å². The van der Waals surface area contributed by atoms with Gasteiger partial charge in [0.1, 0.15) is 11.6 Å². The molecule has 1 amide bonds. The molecule has 6 heteroatoms. The molecule has 2 aromatic heterocycles. The summed E-state index contributed by atoms with van der Waals surface area (Å²) in [7, 11) is 0. The van der Waals surface area contributed by atoms with E-state index in [0.29, 0.717) is 10.8 Å². The molecule has 33 heavy (non-hydrogen) atoms. The van der Waals surface area contributed by atoms with Crippen LogP contribution in [-0.2, 0) is 11.3 Å². The molecule has 0 radical (unpaired) electrons. The number of benzene rings is 3. The quantitative estimate of drug-likeness (QED) is 0.338. The number of likely N-dealkylation sites (tertiary alicyclic amines) is 1. The normalized spacial score (nSPS) is 16.6. The van der Waals surface area contributed by atoms with Crippen LogP contribution in [0, 0.1) is 0 Å². The van der Waals surface area contributed by atoms with E-state index in [1.165, 1.54) is 0 Å². The molecule has 1 aliphatic heterocycles. The average molecular weight is 454 g/mol. The Morgan fingerprint density at radius 1 is 0.909 bits per heavy atom. The number of hydrogen-bond donors (Lipinski definition) is 0. The summed E-state index contributed by atoms with van der Waals surface area (Å²) in [4.78, 5) is 33.6. The van der Waals surface area contributed by atoms with Gasteiger partial charge in [0.2, 0.25) is 5.91 Å². The van der Waals surface area contributed by atoms with E-state index < -0.39 is 0 Å². The summed E-state index contributed by atoms with van der Waals surface area (Å²) < 4.78 is 3.15. The Hall–Kier alpha value is -3.51. The standard InChI is InChI=1S/C27H23N3O2S/c31-25(29-16-8-7-14-23(29)27-28-20-11-3-6-15-24(20)33-27)17-30-21-12-4-1-9-18(21)26(32)19-10-2-5-13-22(19)30/h1-6,9-13,15,23H,7-8,14,16-17H2/t23-/m0/s1. The smallest absolute Gasteiger partial charge is 0.243 e. The van der Waals surface area contributed by atoms with E-state index in [2.05, 4.69) is 6.07 Å². The lowest BCUT2D eigenvalue weighted by Gasteiger charge is -2.35. The molecule has 5 nitrogen and oxygen atoms in total. The minimum atomic E-state index is 0.000519. The van der Waals surface area contributed by atoms with Crippen LogP contribution in [0.1, 0.15) is 30.3 Å². The maximum atomic E-state index is 13.7. The van der Waals surface area contributed by atoms with Crippen molar-refractivity contribution in [3.8, 4) is 0 Å². The fourth-order valence-corrected chi connectivity index (χ4v) is 6.11. The zero-order chi connectivity index (χ0) is 22.4. The Balaban J connectivity index is 1.42. The first-order valence-electron chi connectivity index (χ1n) is 11.4. The number of piperidine rings is 1. The van der Waals surface area contributed by atoms with Gasteiger partial charge >= 0.3 is 0 Å². The lowest BCUT2D eigenvalue weighted by Crippen LogP contribution is -2.40. The summed E-state index contributed by atoms with van der Waals surface area (Å²) in [5, 5.41) is 2.30. The zero-order valence-corrected chi connectivity index (χ0v) is 18.9. The predicted molar refractivity (Wildman–Crippen MR) is 134 cm³/mol. The van der Waals surface area contributed by atoms with E-state index in [1.807, 2.05) is 76.2 Å². The van der Waals surface area contributed by atoms with Gasteiger partial charge in [0.25, 0.3) is 0 Å². The second-order valence-corrected chi connectivity index (χ2v) is 9.63. The molecule has 1 aliphatic rings. The predicted octanol–water partition coefficient (Wildman–Crippen LogP) is 5.52. The van der Waals surface area contributed by atoms with Crippen LogP contribution in [0.5, 0.6) is 0 Å². The van der Waals surface area contributed by atoms with Crippen LogP contribution >= 0.6 is 11.3 Å². The van der Waals surface area contributed by atoms with Crippen molar-refractivity contribution >= 4 is 49.3 Å². The Bertz CT molecular complexity index is 1480. The third kappa shape index (κ3) is 3.42. The first-order chi connectivity index (χ1) is 16.2. The summed E-state index contributed by atoms with van der Waals surface area (Å²) in [6.45, 7) is 0.929. The van der Waals surface area contributed by atoms with Gasteiger partial charge in [-0.25, -0.2) is 4.98 Å². The molecule has 3 heterocycles. The number of nitrogens with zero attached hydrogens (tertiary/aromatic N) is 3. The molecule has 0 saturated carbocycles. The highest BCUT2D eigenvalue weighted by Gasteiger charge is 2.30. The lowest BCUT2D eigenvalue weighted by atomic mass is 10.0. The summed E-state index contributed by atoms with van der Waals surface area (Å²) >= 11 is 1.69. The molecule has 0 unspecified atom stereocenters. The Morgan fingerprint density at radius 3 is 2.30 bits per heavy atom. The van der Waals surface area contributed by atoms with E-state index in [0.717, 1.165) is 52.1 Å². The second kappa shape index (κ2) is 8.12. The minimum absolute atomic E-state index is 0.000519. The number of rotatable bonds is 3. The van der Waals surface area contributed by atoms with Crippen LogP contribution in [-0.4, -0.2) is 26.9 Å². The molecule has 3 aromatic carbocycles. The number of pyridine rings is 1. The minimum Gasteiger partial charge on any atom is -0.332 e. The van der Waals surface area contributed by atoms with Gasteiger partial charge in [-0.3, -0.25) is 9.59 Å². The molecule has 0 aliphatic carbocycles. The third-order valence-electron chi connectivity index (χ3n) is 6.59. The van der Waals surface area contributed by atoms with E-state index in [-0.39, 0.29) is 23.9 Å². The highest BCUT2D eigenvalue weighted by atomic mass is 32.1. The van der Waals surface area contributed by atoms with Crippen molar-refractivity contribution in [2.24, 2.45) is 0 Å². The molecule has 164 valence electrons. The summed E-state index contributed by atoms with van der Waals surface area (Å²) in [5.41, 5.74) is 2.59. The Morgan fingerprint density at radius 2 is 1.58 bits per heavy atom. The third-order valence-corrected chi connectivity index (χ3v) is 7.73. The zero-order valence-electron chi connectivity index (χ0n) is 18.1. The number of fused-ring (bicyclic) bond motifs is 3. The molecule has 0 spiro atoms. The van der Waals surface area contributed by atoms with Crippen LogP contribution < -0.4 is 5.43 Å². The maximum absolute atomic E-state index is 13.7. The molecule has 1 fully saturated rings. The summed E-state index contributed by atoms with van der Waals surface area (Å²) in [5.74, 6) is 0.0675. The molecular formula is C27H23N3O2S. The first kappa shape index (κ1) is 20.1. The van der Waals surface area contributed by atoms with Crippen LogP contribution in [0.2, 0.25) is 0 Å². The van der Waals surface area contributed by atoms with Crippen molar-refractivity contribution < 1.29 is 4.79 Å². The van der Waals surface area contributed by atoms with Gasteiger partial charge in [0, 0.05) is 17.3 Å². The monoisotopic (exact) mass is 453 g/mol. The molecular weight excluding hydrogens is 430 g/mol. The number of aromatic nitrogens is 2. The van der Waals surface area contributed by atoms with Crippen LogP contribution in [0.3, 0.4) is 0 Å². The van der Waals surface area contributed by atoms with Gasteiger partial charge in [-0.2, -0.15) is 0 Å². The van der Waals surface area contributed by atoms with Crippen molar-refractivity contribution in [3.63, 3.8) is 0 Å². The van der Waals surface area contributed by atoms with E-state index in [4.69, 9.17) is 4.98 Å². The van der Waals surface area contributed by atoms with Crippen LogP contribution in [0.15, 0.2) is 77.6 Å². The molecule has 6 rings (SSSR count). The number of hydrogen-bond acceptors (Lipinski definition) is 4. The average Bonchev–Trinajstić information content (AvgIpc) is 3.31. The molecule has 5 aromatic rings. The number of para-hydroxylation sites is 3. The second-order valence-electron chi connectivity index (χ2n) is 8.57. The fraction of sp³-hybridized carbons (Fsp3) is 0.222. The van der Waals surface area contributed by atoms with Gasteiger partial charge in [0.15, 0.2) is 5.43 Å². The van der Waals surface area contributed by atoms with Crippen molar-refractivity contribution in [2.45, 2.75) is 31.8 Å². The molecule has 1 saturated heterocycles. The van der Waals surface area contributed by atoms with E-state index in [9.17, 15) is 9.59 Å². The van der Waals surface area contributed by atoms with Crippen molar-refractivity contribution in [1.82, 2.24) is 14.5 Å². The van der Waals surface area contributed by atoms with E-state index in [1.54, 1.807) is 11.3 Å². The number of carbonyl (C=O) groups is 1. The van der Waals surface area contributed by atoms with Gasteiger partial charge in [-0.05, 0) is 55.7 Å². The van der Waals surface area contributed by atoms with Gasteiger partial charge < -0.3 is 9.47 Å². The maximum Gasteiger partial charge on any atom is 0.243 e. The SMILES string of the molecule is O=C(Cn1c2ccccc2c(=O)c2ccccc21)N1CCCC[C@H]1c1nc2ccccc2s1. The fourth-order valence-electron chi connectivity index (χ4n) is 4.99. The summed E-state index contributed by atoms with van der Waals surface area (Å²) in [6.07, 6.45) is 3.02. The van der Waals surface area contributed by atoms with Crippen LogP contribution in [0.25, 0.3) is 32.0 Å². The van der Waals surface area contributed by atoms with Crippen molar-refractivity contribution in [1.29, 1.82) is 0 Å². The Kier molecular flexibility index (Phi) is 4.95. The number of amides is 1. The Labute approximate surface area is 194 Å². The van der Waals surface area contributed by atoms with Crippen molar-refractivity contribution in [2.75, 3.05) is 6.54 Å².